The van der Waals surface area contributed by atoms with Crippen LogP contribution in [-0.4, -0.2) is 41.2 Å². The summed E-state index contributed by atoms with van der Waals surface area (Å²) in [5, 5.41) is 4.01. The summed E-state index contributed by atoms with van der Waals surface area (Å²) in [4.78, 5) is 18.2. The van der Waals surface area contributed by atoms with Crippen molar-refractivity contribution < 1.29 is 14.1 Å². The minimum Gasteiger partial charge on any atom is -0.469 e. The van der Waals surface area contributed by atoms with Gasteiger partial charge in [-0.15, -0.1) is 0 Å². The van der Waals surface area contributed by atoms with Gasteiger partial charge in [0.05, 0.1) is 19.6 Å². The molecule has 0 spiro atoms. The van der Waals surface area contributed by atoms with Gasteiger partial charge in [-0.25, -0.2) is 0 Å². The van der Waals surface area contributed by atoms with Crippen LogP contribution in [0.3, 0.4) is 0 Å². The maximum absolute atomic E-state index is 11.6. The van der Waals surface area contributed by atoms with E-state index in [4.69, 9.17) is 9.26 Å². The number of carbonyl (C=O) groups excluding carboxylic acids is 1. The average molecular weight is 265 g/mol. The van der Waals surface area contributed by atoms with Crippen molar-refractivity contribution in [1.29, 1.82) is 0 Å². The molecule has 104 valence electrons. The van der Waals surface area contributed by atoms with Crippen LogP contribution in [0.1, 0.15) is 43.3 Å². The molecule has 1 aliphatic carbocycles. The second-order valence-electron chi connectivity index (χ2n) is 5.42. The second-order valence-corrected chi connectivity index (χ2v) is 5.42. The highest BCUT2D eigenvalue weighted by Crippen LogP contribution is 2.38. The molecule has 2 aliphatic rings. The summed E-state index contributed by atoms with van der Waals surface area (Å²) in [7, 11) is 1.45. The first kappa shape index (κ1) is 12.6. The quantitative estimate of drug-likeness (QED) is 0.765. The first-order valence-corrected chi connectivity index (χ1v) is 6.89. The minimum atomic E-state index is -0.117. The van der Waals surface area contributed by atoms with E-state index in [-0.39, 0.29) is 11.9 Å². The van der Waals surface area contributed by atoms with Crippen molar-refractivity contribution in [2.75, 3.05) is 20.2 Å². The van der Waals surface area contributed by atoms with Crippen LogP contribution in [0.15, 0.2) is 4.52 Å². The van der Waals surface area contributed by atoms with E-state index in [1.165, 1.54) is 20.0 Å². The molecular weight excluding hydrogens is 246 g/mol. The number of likely N-dealkylation sites (tertiary alicyclic amines) is 1. The molecule has 19 heavy (non-hydrogen) atoms. The molecule has 1 aromatic rings. The van der Waals surface area contributed by atoms with E-state index >= 15 is 0 Å². The van der Waals surface area contributed by atoms with Crippen LogP contribution in [0.5, 0.6) is 0 Å². The van der Waals surface area contributed by atoms with Gasteiger partial charge in [-0.1, -0.05) is 5.16 Å². The number of nitrogens with zero attached hydrogens (tertiary/aromatic N) is 3. The lowest BCUT2D eigenvalue weighted by Crippen LogP contribution is -2.38. The summed E-state index contributed by atoms with van der Waals surface area (Å²) in [6.45, 7) is 2.32. The molecule has 1 saturated carbocycles. The molecule has 0 amide bonds. The van der Waals surface area contributed by atoms with E-state index in [2.05, 4.69) is 15.0 Å². The molecule has 6 nitrogen and oxygen atoms in total. The Morgan fingerprint density at radius 1 is 1.47 bits per heavy atom. The van der Waals surface area contributed by atoms with Gasteiger partial charge < -0.3 is 9.26 Å². The number of piperidine rings is 1. The highest BCUT2D eigenvalue weighted by Gasteiger charge is 2.30. The van der Waals surface area contributed by atoms with Crippen LogP contribution in [0.25, 0.3) is 0 Å². The van der Waals surface area contributed by atoms with Crippen molar-refractivity contribution in [2.45, 2.75) is 38.1 Å². The number of rotatable bonds is 4. The molecule has 0 unspecified atom stereocenters. The Morgan fingerprint density at radius 3 is 3.05 bits per heavy atom. The van der Waals surface area contributed by atoms with Gasteiger partial charge in [-0.05, 0) is 32.2 Å². The van der Waals surface area contributed by atoms with Gasteiger partial charge in [-0.2, -0.15) is 4.98 Å². The smallest absolute Gasteiger partial charge is 0.309 e. The highest BCUT2D eigenvalue weighted by atomic mass is 16.5. The minimum absolute atomic E-state index is 0.0235. The Balaban J connectivity index is 1.57. The van der Waals surface area contributed by atoms with Gasteiger partial charge in [0.2, 0.25) is 5.89 Å². The third kappa shape index (κ3) is 2.94. The van der Waals surface area contributed by atoms with Gasteiger partial charge in [-0.3, -0.25) is 9.69 Å². The first-order chi connectivity index (χ1) is 9.26. The van der Waals surface area contributed by atoms with Crippen LogP contribution in [0.4, 0.5) is 0 Å². The number of hydrogen-bond donors (Lipinski definition) is 0. The zero-order valence-corrected chi connectivity index (χ0v) is 11.2. The molecule has 1 aliphatic heterocycles. The lowest BCUT2D eigenvalue weighted by atomic mass is 9.98. The summed E-state index contributed by atoms with van der Waals surface area (Å²) in [5.41, 5.74) is 0. The summed E-state index contributed by atoms with van der Waals surface area (Å²) in [6.07, 6.45) is 4.25. The Morgan fingerprint density at radius 2 is 2.32 bits per heavy atom. The largest absolute Gasteiger partial charge is 0.469 e. The maximum Gasteiger partial charge on any atom is 0.309 e. The number of ether oxygens (including phenoxy) is 1. The van der Waals surface area contributed by atoms with E-state index in [0.717, 1.165) is 25.2 Å². The summed E-state index contributed by atoms with van der Waals surface area (Å²) in [6, 6.07) is 0. The molecular formula is C13H19N3O3. The van der Waals surface area contributed by atoms with E-state index in [1.807, 2.05) is 0 Å². The van der Waals surface area contributed by atoms with Crippen molar-refractivity contribution >= 4 is 5.97 Å². The first-order valence-electron chi connectivity index (χ1n) is 6.89. The van der Waals surface area contributed by atoms with Crippen molar-refractivity contribution in [3.63, 3.8) is 0 Å². The Hall–Kier alpha value is -1.43. The summed E-state index contributed by atoms with van der Waals surface area (Å²) >= 11 is 0. The van der Waals surface area contributed by atoms with Gasteiger partial charge in [0.1, 0.15) is 0 Å². The standard InChI is InChI=1S/C13H19N3O3/c1-18-13(17)10-3-2-6-16(7-10)8-11-14-12(15-19-11)9-4-5-9/h9-10H,2-8H2,1H3/t10-/m0/s1. The second kappa shape index (κ2) is 5.28. The number of methoxy groups -OCH3 is 1. The molecule has 3 rings (SSSR count). The zero-order valence-electron chi connectivity index (χ0n) is 11.2. The maximum atomic E-state index is 11.6. The van der Waals surface area contributed by atoms with Gasteiger partial charge >= 0.3 is 5.97 Å². The summed E-state index contributed by atoms with van der Waals surface area (Å²) in [5.74, 6) is 1.88. The fourth-order valence-electron chi connectivity index (χ4n) is 2.59. The number of carbonyl (C=O) groups is 1. The molecule has 1 saturated heterocycles. The van der Waals surface area contributed by atoms with Crippen LogP contribution in [-0.2, 0) is 16.1 Å². The normalized spacial score (nSPS) is 24.4. The van der Waals surface area contributed by atoms with Crippen LogP contribution in [0, 0.1) is 5.92 Å². The molecule has 0 bridgehead atoms. The molecule has 6 heteroatoms. The molecule has 2 fully saturated rings. The van der Waals surface area contributed by atoms with Crippen LogP contribution in [0.2, 0.25) is 0 Å². The molecule has 0 radical (unpaired) electrons. The topological polar surface area (TPSA) is 68.5 Å². The molecule has 2 heterocycles. The predicted molar refractivity (Wildman–Crippen MR) is 66.3 cm³/mol. The van der Waals surface area contributed by atoms with Gasteiger partial charge in [0.25, 0.3) is 0 Å². The monoisotopic (exact) mass is 265 g/mol. The predicted octanol–water partition coefficient (Wildman–Crippen LogP) is 1.33. The summed E-state index contributed by atoms with van der Waals surface area (Å²) < 4.78 is 10.1. The van der Waals surface area contributed by atoms with Crippen LogP contribution >= 0.6 is 0 Å². The number of hydrogen-bond acceptors (Lipinski definition) is 6. The van der Waals surface area contributed by atoms with Gasteiger partial charge in [0, 0.05) is 12.5 Å². The molecule has 0 N–H and O–H groups in total. The lowest BCUT2D eigenvalue weighted by molar-refractivity contribution is -0.147. The third-order valence-corrected chi connectivity index (χ3v) is 3.83. The van der Waals surface area contributed by atoms with Crippen LogP contribution < -0.4 is 0 Å². The number of aromatic nitrogens is 2. The fourth-order valence-corrected chi connectivity index (χ4v) is 2.59. The SMILES string of the molecule is COC(=O)[C@H]1CCCN(Cc2nc(C3CC3)no2)C1. The molecule has 1 aromatic heterocycles. The Labute approximate surface area is 112 Å². The van der Waals surface area contributed by atoms with Crippen molar-refractivity contribution in [1.82, 2.24) is 15.0 Å². The van der Waals surface area contributed by atoms with E-state index in [9.17, 15) is 4.79 Å². The van der Waals surface area contributed by atoms with E-state index in [0.29, 0.717) is 24.9 Å². The Kier molecular flexibility index (Phi) is 3.50. The highest BCUT2D eigenvalue weighted by molar-refractivity contribution is 5.72. The fraction of sp³-hybridized carbons (Fsp3) is 0.769. The van der Waals surface area contributed by atoms with E-state index in [1.54, 1.807) is 0 Å². The van der Waals surface area contributed by atoms with Crippen molar-refractivity contribution in [3.05, 3.63) is 11.7 Å². The number of esters is 1. The lowest BCUT2D eigenvalue weighted by Gasteiger charge is -2.29. The zero-order chi connectivity index (χ0) is 13.2. The molecule has 0 aromatic carbocycles. The average Bonchev–Trinajstić information content (AvgIpc) is 3.19. The molecule has 1 atom stereocenters. The third-order valence-electron chi connectivity index (χ3n) is 3.83. The Bertz CT molecular complexity index is 456. The van der Waals surface area contributed by atoms with Gasteiger partial charge in [0.15, 0.2) is 5.82 Å². The van der Waals surface area contributed by atoms with Crippen molar-refractivity contribution in [2.24, 2.45) is 5.92 Å². The van der Waals surface area contributed by atoms with E-state index < -0.39 is 0 Å². The van der Waals surface area contributed by atoms with Crippen molar-refractivity contribution in [3.8, 4) is 0 Å².